The lowest BCUT2D eigenvalue weighted by Gasteiger charge is -2.34. The molecular weight excluding hydrogens is 380 g/mol. The van der Waals surface area contributed by atoms with Crippen LogP contribution in [0.3, 0.4) is 0 Å². The molecule has 3 aromatic rings. The van der Waals surface area contributed by atoms with E-state index in [0.717, 1.165) is 0 Å². The van der Waals surface area contributed by atoms with Crippen LogP contribution in [0, 0.1) is 0 Å². The second kappa shape index (κ2) is 6.75. The molecule has 0 aliphatic carbocycles. The number of methoxy groups -OCH3 is 1. The number of benzene rings is 2. The molecule has 0 aromatic heterocycles. The van der Waals surface area contributed by atoms with Crippen LogP contribution >= 0.6 is 0 Å². The standard InChI is InChI=1S/C21H18O8/c1-28-17-8-12-14(24)5-9(22)6-16(12)29-21(17)11-7-15(25)20(27)18-10(11)3-2-4-13(23)19(18)26/h2-7,17,21-22,24-25,27H,8H2,1H3,(H,23,26)/t17-,21-/m1/s1. The average molecular weight is 398 g/mol. The molecule has 3 aromatic carbocycles. The van der Waals surface area contributed by atoms with Crippen LogP contribution in [0.1, 0.15) is 17.2 Å². The highest BCUT2D eigenvalue weighted by Crippen LogP contribution is 2.45. The first-order valence-corrected chi connectivity index (χ1v) is 8.77. The molecule has 0 saturated heterocycles. The molecule has 5 N–H and O–H groups in total. The summed E-state index contributed by atoms with van der Waals surface area (Å²) in [5.74, 6) is -1.89. The van der Waals surface area contributed by atoms with E-state index in [1.54, 1.807) is 0 Å². The van der Waals surface area contributed by atoms with Crippen LogP contribution in [0.4, 0.5) is 0 Å². The fourth-order valence-corrected chi connectivity index (χ4v) is 3.70. The zero-order valence-corrected chi connectivity index (χ0v) is 15.3. The summed E-state index contributed by atoms with van der Waals surface area (Å²) in [6.45, 7) is 0. The first-order chi connectivity index (χ1) is 13.8. The van der Waals surface area contributed by atoms with Crippen molar-refractivity contribution >= 4 is 10.8 Å². The van der Waals surface area contributed by atoms with Gasteiger partial charge in [-0.3, -0.25) is 4.79 Å². The van der Waals surface area contributed by atoms with Gasteiger partial charge in [0.05, 0.1) is 5.39 Å². The average Bonchev–Trinajstić information content (AvgIpc) is 2.83. The number of rotatable bonds is 2. The number of phenols is 4. The number of ether oxygens (including phenoxy) is 2. The highest BCUT2D eigenvalue weighted by molar-refractivity contribution is 5.93. The van der Waals surface area contributed by atoms with Gasteiger partial charge in [-0.1, -0.05) is 12.1 Å². The maximum atomic E-state index is 12.5. The minimum absolute atomic E-state index is 0.142. The molecule has 0 bridgehead atoms. The predicted octanol–water partition coefficient (Wildman–Crippen LogP) is 2.42. The molecule has 0 unspecified atom stereocenters. The molecule has 1 heterocycles. The van der Waals surface area contributed by atoms with Crippen LogP contribution in [0.25, 0.3) is 10.8 Å². The van der Waals surface area contributed by atoms with E-state index in [0.29, 0.717) is 11.1 Å². The Hall–Kier alpha value is -3.65. The Bertz CT molecular complexity index is 1190. The van der Waals surface area contributed by atoms with Gasteiger partial charge in [-0.2, -0.15) is 0 Å². The molecule has 8 heteroatoms. The number of hydrogen-bond donors (Lipinski definition) is 5. The van der Waals surface area contributed by atoms with E-state index in [4.69, 9.17) is 9.47 Å². The normalized spacial score (nSPS) is 18.2. The van der Waals surface area contributed by atoms with E-state index in [1.165, 1.54) is 43.5 Å². The zero-order chi connectivity index (χ0) is 20.9. The van der Waals surface area contributed by atoms with Gasteiger partial charge in [0.2, 0.25) is 5.43 Å². The second-order valence-electron chi connectivity index (χ2n) is 6.82. The van der Waals surface area contributed by atoms with Crippen LogP contribution in [0.15, 0.2) is 41.2 Å². The van der Waals surface area contributed by atoms with Gasteiger partial charge in [-0.25, -0.2) is 0 Å². The topological polar surface area (TPSA) is 137 Å². The lowest BCUT2D eigenvalue weighted by molar-refractivity contribution is -0.0115. The van der Waals surface area contributed by atoms with Gasteiger partial charge in [0.1, 0.15) is 23.4 Å². The van der Waals surface area contributed by atoms with E-state index < -0.39 is 34.9 Å². The van der Waals surface area contributed by atoms with Gasteiger partial charge < -0.3 is 35.0 Å². The van der Waals surface area contributed by atoms with Crippen molar-refractivity contribution in [2.75, 3.05) is 7.11 Å². The quantitative estimate of drug-likeness (QED) is 0.415. The summed E-state index contributed by atoms with van der Waals surface area (Å²) < 4.78 is 11.5. The van der Waals surface area contributed by atoms with E-state index in [1.807, 2.05) is 0 Å². The molecule has 8 nitrogen and oxygen atoms in total. The van der Waals surface area contributed by atoms with Crippen molar-refractivity contribution in [2.45, 2.75) is 18.6 Å². The lowest BCUT2D eigenvalue weighted by Crippen LogP contribution is -2.32. The van der Waals surface area contributed by atoms with Crippen LogP contribution in [-0.2, 0) is 11.2 Å². The smallest absolute Gasteiger partial charge is 0.231 e. The summed E-state index contributed by atoms with van der Waals surface area (Å²) in [5.41, 5.74) is -0.0608. The van der Waals surface area contributed by atoms with Crippen molar-refractivity contribution < 1.29 is 35.0 Å². The van der Waals surface area contributed by atoms with Crippen LogP contribution in [-0.4, -0.2) is 38.7 Å². The van der Waals surface area contributed by atoms with E-state index in [-0.39, 0.29) is 34.4 Å². The van der Waals surface area contributed by atoms with Crippen molar-refractivity contribution in [3.8, 4) is 34.5 Å². The third-order valence-electron chi connectivity index (χ3n) is 5.11. The van der Waals surface area contributed by atoms with Crippen LogP contribution in [0.5, 0.6) is 34.5 Å². The second-order valence-corrected chi connectivity index (χ2v) is 6.82. The number of fused-ring (bicyclic) bond motifs is 2. The summed E-state index contributed by atoms with van der Waals surface area (Å²) >= 11 is 0. The Morgan fingerprint density at radius 2 is 1.76 bits per heavy atom. The Balaban J connectivity index is 1.99. The molecule has 1 aliphatic rings. The number of hydrogen-bond acceptors (Lipinski definition) is 8. The monoisotopic (exact) mass is 398 g/mol. The summed E-state index contributed by atoms with van der Waals surface area (Å²) in [6, 6.07) is 7.94. The molecule has 0 radical (unpaired) electrons. The van der Waals surface area contributed by atoms with Gasteiger partial charge in [-0.05, 0) is 17.5 Å². The van der Waals surface area contributed by atoms with E-state index in [2.05, 4.69) is 0 Å². The summed E-state index contributed by atoms with van der Waals surface area (Å²) in [5, 5.41) is 50.2. The SMILES string of the molecule is CO[C@@H]1Cc2c(O)cc(O)cc2O[C@@H]1c1cc(O)c(O)c2c(=O)c(O)cccc12. The summed E-state index contributed by atoms with van der Waals surface area (Å²) in [7, 11) is 1.46. The molecule has 0 fully saturated rings. The Morgan fingerprint density at radius 1 is 1.00 bits per heavy atom. The van der Waals surface area contributed by atoms with Crippen molar-refractivity contribution in [3.05, 3.63) is 57.7 Å². The highest BCUT2D eigenvalue weighted by atomic mass is 16.5. The van der Waals surface area contributed by atoms with Crippen molar-refractivity contribution in [1.82, 2.24) is 0 Å². The van der Waals surface area contributed by atoms with Crippen molar-refractivity contribution in [1.29, 1.82) is 0 Å². The van der Waals surface area contributed by atoms with Crippen molar-refractivity contribution in [3.63, 3.8) is 0 Å². The molecule has 4 rings (SSSR count). The summed E-state index contributed by atoms with van der Waals surface area (Å²) in [6.07, 6.45) is -1.22. The molecule has 1 aliphatic heterocycles. The molecule has 0 amide bonds. The molecular formula is C21H18O8. The van der Waals surface area contributed by atoms with Crippen LogP contribution in [0.2, 0.25) is 0 Å². The Morgan fingerprint density at radius 3 is 2.48 bits per heavy atom. The molecule has 150 valence electrons. The maximum absolute atomic E-state index is 12.5. The minimum Gasteiger partial charge on any atom is -0.508 e. The van der Waals surface area contributed by atoms with Crippen LogP contribution < -0.4 is 10.2 Å². The third-order valence-corrected chi connectivity index (χ3v) is 5.11. The molecule has 29 heavy (non-hydrogen) atoms. The lowest BCUT2D eigenvalue weighted by atomic mass is 9.91. The zero-order valence-electron chi connectivity index (χ0n) is 15.3. The maximum Gasteiger partial charge on any atom is 0.231 e. The van der Waals surface area contributed by atoms with Gasteiger partial charge in [0, 0.05) is 36.8 Å². The largest absolute Gasteiger partial charge is 0.508 e. The molecule has 0 spiro atoms. The first-order valence-electron chi connectivity index (χ1n) is 8.77. The van der Waals surface area contributed by atoms with E-state index in [9.17, 15) is 30.3 Å². The predicted molar refractivity (Wildman–Crippen MR) is 103 cm³/mol. The summed E-state index contributed by atoms with van der Waals surface area (Å²) in [4.78, 5) is 12.5. The minimum atomic E-state index is -0.847. The Kier molecular flexibility index (Phi) is 4.35. The fourth-order valence-electron chi connectivity index (χ4n) is 3.70. The highest BCUT2D eigenvalue weighted by Gasteiger charge is 2.35. The van der Waals surface area contributed by atoms with Gasteiger partial charge in [0.25, 0.3) is 0 Å². The van der Waals surface area contributed by atoms with Crippen molar-refractivity contribution in [2.24, 2.45) is 0 Å². The van der Waals surface area contributed by atoms with E-state index >= 15 is 0 Å². The van der Waals surface area contributed by atoms with Gasteiger partial charge >= 0.3 is 0 Å². The molecule has 2 atom stereocenters. The number of phenolic OH excluding ortho intramolecular Hbond substituents is 4. The fraction of sp³-hybridized carbons (Fsp3) is 0.190. The first kappa shape index (κ1) is 18.7. The van der Waals surface area contributed by atoms with Gasteiger partial charge in [0.15, 0.2) is 23.4 Å². The number of aromatic hydroxyl groups is 5. The van der Waals surface area contributed by atoms with Gasteiger partial charge in [-0.15, -0.1) is 0 Å². The molecule has 0 saturated carbocycles. The Labute approximate surface area is 164 Å². The third kappa shape index (κ3) is 2.94.